The summed E-state index contributed by atoms with van der Waals surface area (Å²) in [6.07, 6.45) is 1.00. The largest absolute Gasteiger partial charge is 0.333 e. The van der Waals surface area contributed by atoms with Gasteiger partial charge in [-0.05, 0) is 43.2 Å². The predicted molar refractivity (Wildman–Crippen MR) is 104 cm³/mol. The van der Waals surface area contributed by atoms with Crippen LogP contribution in [0.4, 0.5) is 16.2 Å². The maximum atomic E-state index is 12.2. The average Bonchev–Trinajstić information content (AvgIpc) is 3.04. The highest BCUT2D eigenvalue weighted by Crippen LogP contribution is 2.21. The highest BCUT2D eigenvalue weighted by atomic mass is 32.1. The molecule has 134 valence electrons. The van der Waals surface area contributed by atoms with E-state index in [1.54, 1.807) is 17.4 Å². The van der Waals surface area contributed by atoms with Crippen LogP contribution >= 0.6 is 11.3 Å². The molecule has 5 nitrogen and oxygen atoms in total. The Bertz CT molecular complexity index is 753. The van der Waals surface area contributed by atoms with Gasteiger partial charge in [0.25, 0.3) is 0 Å². The normalized spacial score (nSPS) is 10.6. The van der Waals surface area contributed by atoms with E-state index >= 15 is 0 Å². The van der Waals surface area contributed by atoms with Crippen LogP contribution in [0.15, 0.2) is 30.3 Å². The lowest BCUT2D eigenvalue weighted by Crippen LogP contribution is -2.28. The highest BCUT2D eigenvalue weighted by molar-refractivity contribution is 7.11. The van der Waals surface area contributed by atoms with Crippen molar-refractivity contribution in [3.8, 4) is 0 Å². The fourth-order valence-corrected chi connectivity index (χ4v) is 3.06. The second-order valence-corrected chi connectivity index (χ2v) is 7.46. The molecule has 0 saturated carbocycles. The molecular formula is C19H25N3O2S. The molecule has 0 aliphatic heterocycles. The van der Waals surface area contributed by atoms with Crippen molar-refractivity contribution < 1.29 is 9.59 Å². The molecule has 0 atom stereocenters. The van der Waals surface area contributed by atoms with Crippen molar-refractivity contribution in [1.82, 2.24) is 5.32 Å². The number of carbonyl (C=O) groups excluding carboxylic acids is 2. The minimum absolute atomic E-state index is 0.0521. The molecule has 2 aromatic rings. The third-order valence-corrected chi connectivity index (χ3v) is 5.00. The second kappa shape index (κ2) is 8.67. The van der Waals surface area contributed by atoms with E-state index in [0.29, 0.717) is 17.9 Å². The summed E-state index contributed by atoms with van der Waals surface area (Å²) in [5, 5.41) is 8.55. The van der Waals surface area contributed by atoms with E-state index in [2.05, 4.69) is 28.9 Å². The van der Waals surface area contributed by atoms with Gasteiger partial charge < -0.3 is 16.0 Å². The van der Waals surface area contributed by atoms with Crippen LogP contribution < -0.4 is 16.0 Å². The first kappa shape index (κ1) is 19.0. The lowest BCUT2D eigenvalue weighted by molar-refractivity contribution is -0.118. The first-order valence-electron chi connectivity index (χ1n) is 8.43. The summed E-state index contributed by atoms with van der Waals surface area (Å²) < 4.78 is 0. The minimum Gasteiger partial charge on any atom is -0.333 e. The number of benzene rings is 1. The van der Waals surface area contributed by atoms with Crippen molar-refractivity contribution in [3.05, 3.63) is 45.6 Å². The van der Waals surface area contributed by atoms with Crippen molar-refractivity contribution in [2.75, 3.05) is 10.6 Å². The van der Waals surface area contributed by atoms with Gasteiger partial charge in [-0.2, -0.15) is 0 Å². The number of amides is 3. The minimum atomic E-state index is -0.262. The third kappa shape index (κ3) is 5.60. The zero-order valence-corrected chi connectivity index (χ0v) is 15.9. The van der Waals surface area contributed by atoms with Gasteiger partial charge in [0.2, 0.25) is 5.91 Å². The number of thiophene rings is 1. The Balaban J connectivity index is 1.96. The van der Waals surface area contributed by atoms with E-state index < -0.39 is 0 Å². The van der Waals surface area contributed by atoms with Crippen molar-refractivity contribution in [2.45, 2.75) is 40.7 Å². The van der Waals surface area contributed by atoms with E-state index in [1.807, 2.05) is 39.0 Å². The number of rotatable bonds is 6. The Morgan fingerprint density at radius 2 is 1.80 bits per heavy atom. The van der Waals surface area contributed by atoms with Crippen LogP contribution in [0.3, 0.4) is 0 Å². The van der Waals surface area contributed by atoms with Crippen LogP contribution in [-0.2, 0) is 17.8 Å². The van der Waals surface area contributed by atoms with Crippen LogP contribution in [0.2, 0.25) is 0 Å². The van der Waals surface area contributed by atoms with Crippen LogP contribution in [0.25, 0.3) is 0 Å². The maximum Gasteiger partial charge on any atom is 0.319 e. The summed E-state index contributed by atoms with van der Waals surface area (Å²) >= 11 is 1.71. The Morgan fingerprint density at radius 3 is 2.44 bits per heavy atom. The molecular weight excluding hydrogens is 334 g/mol. The SMILES string of the molecule is CCc1ccc(CNC(=O)Nc2cc(NC(=O)C(C)C)ccc2C)s1. The summed E-state index contributed by atoms with van der Waals surface area (Å²) in [6.45, 7) is 8.20. The molecule has 0 spiro atoms. The summed E-state index contributed by atoms with van der Waals surface area (Å²) in [4.78, 5) is 26.4. The van der Waals surface area contributed by atoms with E-state index in [4.69, 9.17) is 0 Å². The molecule has 0 bridgehead atoms. The van der Waals surface area contributed by atoms with E-state index in [1.165, 1.54) is 4.88 Å². The third-order valence-electron chi connectivity index (χ3n) is 3.77. The summed E-state index contributed by atoms with van der Waals surface area (Å²) in [5.74, 6) is -0.150. The molecule has 3 N–H and O–H groups in total. The lowest BCUT2D eigenvalue weighted by Gasteiger charge is -2.13. The monoisotopic (exact) mass is 359 g/mol. The first-order chi connectivity index (χ1) is 11.9. The average molecular weight is 359 g/mol. The zero-order valence-electron chi connectivity index (χ0n) is 15.1. The van der Waals surface area contributed by atoms with Gasteiger partial charge in [-0.25, -0.2) is 4.79 Å². The Labute approximate surface area is 152 Å². The number of hydrogen-bond donors (Lipinski definition) is 3. The number of urea groups is 1. The van der Waals surface area contributed by atoms with Gasteiger partial charge in [0.1, 0.15) is 0 Å². The van der Waals surface area contributed by atoms with Gasteiger partial charge in [-0.3, -0.25) is 4.79 Å². The Kier molecular flexibility index (Phi) is 6.58. The van der Waals surface area contributed by atoms with Gasteiger partial charge in [0.15, 0.2) is 0 Å². The van der Waals surface area contributed by atoms with Crippen LogP contribution in [0.1, 0.15) is 36.1 Å². The highest BCUT2D eigenvalue weighted by Gasteiger charge is 2.10. The Hall–Kier alpha value is -2.34. The fourth-order valence-electron chi connectivity index (χ4n) is 2.16. The summed E-state index contributed by atoms with van der Waals surface area (Å²) in [5.41, 5.74) is 2.28. The molecule has 1 aromatic carbocycles. The van der Waals surface area contributed by atoms with E-state index in [0.717, 1.165) is 16.9 Å². The van der Waals surface area contributed by atoms with Gasteiger partial charge in [0.05, 0.1) is 6.54 Å². The molecule has 1 aromatic heterocycles. The molecule has 0 aliphatic carbocycles. The molecule has 0 fully saturated rings. The summed E-state index contributed by atoms with van der Waals surface area (Å²) in [7, 11) is 0. The number of aryl methyl sites for hydroxylation is 2. The number of hydrogen-bond acceptors (Lipinski definition) is 3. The molecule has 3 amide bonds. The lowest BCUT2D eigenvalue weighted by atomic mass is 10.1. The number of anilines is 2. The van der Waals surface area contributed by atoms with Crippen molar-refractivity contribution in [3.63, 3.8) is 0 Å². The van der Waals surface area contributed by atoms with Gasteiger partial charge in [-0.1, -0.05) is 26.8 Å². The van der Waals surface area contributed by atoms with Crippen LogP contribution in [0.5, 0.6) is 0 Å². The second-order valence-electron chi connectivity index (χ2n) is 6.20. The fraction of sp³-hybridized carbons (Fsp3) is 0.368. The maximum absolute atomic E-state index is 12.2. The molecule has 0 aliphatic rings. The number of carbonyl (C=O) groups is 2. The topological polar surface area (TPSA) is 70.2 Å². The van der Waals surface area contributed by atoms with Crippen molar-refractivity contribution in [1.29, 1.82) is 0 Å². The van der Waals surface area contributed by atoms with E-state index in [9.17, 15) is 9.59 Å². The quantitative estimate of drug-likeness (QED) is 0.709. The molecule has 0 radical (unpaired) electrons. The predicted octanol–water partition coefficient (Wildman–Crippen LogP) is 4.54. The summed E-state index contributed by atoms with van der Waals surface area (Å²) in [6, 6.07) is 9.34. The zero-order chi connectivity index (χ0) is 18.4. The number of nitrogens with one attached hydrogen (secondary N) is 3. The first-order valence-corrected chi connectivity index (χ1v) is 9.24. The molecule has 6 heteroatoms. The molecule has 25 heavy (non-hydrogen) atoms. The van der Waals surface area contributed by atoms with Crippen molar-refractivity contribution >= 4 is 34.6 Å². The molecule has 0 saturated heterocycles. The van der Waals surface area contributed by atoms with Crippen LogP contribution in [-0.4, -0.2) is 11.9 Å². The van der Waals surface area contributed by atoms with E-state index in [-0.39, 0.29) is 17.9 Å². The van der Waals surface area contributed by atoms with Gasteiger partial charge in [0, 0.05) is 27.0 Å². The van der Waals surface area contributed by atoms with Crippen molar-refractivity contribution in [2.24, 2.45) is 5.92 Å². The standard InChI is InChI=1S/C19H25N3O2S/c1-5-15-8-9-16(25-15)11-20-19(24)22-17-10-14(7-6-13(17)4)21-18(23)12(2)3/h6-10,12H,5,11H2,1-4H3,(H,21,23)(H2,20,22,24). The van der Waals surface area contributed by atoms with Crippen LogP contribution in [0, 0.1) is 12.8 Å². The molecule has 1 heterocycles. The smallest absolute Gasteiger partial charge is 0.319 e. The Morgan fingerprint density at radius 1 is 1.08 bits per heavy atom. The molecule has 0 unspecified atom stereocenters. The van der Waals surface area contributed by atoms with Gasteiger partial charge >= 0.3 is 6.03 Å². The molecule has 2 rings (SSSR count). The van der Waals surface area contributed by atoms with Gasteiger partial charge in [-0.15, -0.1) is 11.3 Å².